The van der Waals surface area contributed by atoms with Crippen molar-refractivity contribution in [2.45, 2.75) is 25.6 Å². The predicted octanol–water partition coefficient (Wildman–Crippen LogP) is 2.13. The average molecular weight is 285 g/mol. The number of nitrogens with zero attached hydrogens (tertiary/aromatic N) is 1. The highest BCUT2D eigenvalue weighted by molar-refractivity contribution is 5.94. The van der Waals surface area contributed by atoms with Crippen molar-refractivity contribution in [1.82, 2.24) is 4.90 Å². The fraction of sp³-hybridized carbons (Fsp3) is 0.500. The van der Waals surface area contributed by atoms with Crippen LogP contribution in [0.4, 0.5) is 8.78 Å². The third-order valence-corrected chi connectivity index (χ3v) is 3.28. The van der Waals surface area contributed by atoms with E-state index in [0.717, 1.165) is 12.8 Å². The molecule has 4 nitrogen and oxygen atoms in total. The molecular weight excluding hydrogens is 268 g/mol. The topological polar surface area (TPSA) is 49.8 Å². The van der Waals surface area contributed by atoms with Gasteiger partial charge in [0.2, 0.25) is 0 Å². The lowest BCUT2D eigenvalue weighted by Gasteiger charge is -2.21. The summed E-state index contributed by atoms with van der Waals surface area (Å²) in [7, 11) is 1.58. The molecule has 1 saturated carbocycles. The van der Waals surface area contributed by atoms with E-state index in [0.29, 0.717) is 0 Å². The minimum atomic E-state index is -2.92. The molecule has 1 N–H and O–H groups in total. The Morgan fingerprint density at radius 2 is 2.20 bits per heavy atom. The van der Waals surface area contributed by atoms with Crippen LogP contribution in [0.2, 0.25) is 0 Å². The van der Waals surface area contributed by atoms with E-state index >= 15 is 0 Å². The van der Waals surface area contributed by atoms with Gasteiger partial charge < -0.3 is 14.7 Å². The standard InChI is InChI=1S/C14H17F2NO3/c1-17(8-12(18)9-5-6-9)13(19)10-3-2-4-11(7-10)20-14(15)16/h2-4,7,9,12,14,18H,5-6,8H2,1H3. The Morgan fingerprint density at radius 1 is 1.50 bits per heavy atom. The number of halogens is 2. The molecule has 0 bridgehead atoms. The molecule has 0 radical (unpaired) electrons. The number of hydrogen-bond acceptors (Lipinski definition) is 3. The molecule has 0 aliphatic heterocycles. The molecule has 110 valence electrons. The molecule has 1 unspecified atom stereocenters. The maximum absolute atomic E-state index is 12.1. The summed E-state index contributed by atoms with van der Waals surface area (Å²) in [6.45, 7) is -2.68. The van der Waals surface area contributed by atoms with Crippen LogP contribution in [0.15, 0.2) is 24.3 Å². The van der Waals surface area contributed by atoms with Crippen molar-refractivity contribution in [3.63, 3.8) is 0 Å². The number of ether oxygens (including phenoxy) is 1. The van der Waals surface area contributed by atoms with Crippen LogP contribution in [0.3, 0.4) is 0 Å². The van der Waals surface area contributed by atoms with Crippen LogP contribution in [0.1, 0.15) is 23.2 Å². The van der Waals surface area contributed by atoms with Gasteiger partial charge in [-0.15, -0.1) is 0 Å². The third-order valence-electron chi connectivity index (χ3n) is 3.28. The Labute approximate surface area is 116 Å². The normalized spacial score (nSPS) is 16.1. The minimum absolute atomic E-state index is 0.0537. The first-order valence-electron chi connectivity index (χ1n) is 6.46. The van der Waals surface area contributed by atoms with Gasteiger partial charge in [-0.05, 0) is 37.0 Å². The molecule has 20 heavy (non-hydrogen) atoms. The Kier molecular flexibility index (Phi) is 4.54. The van der Waals surface area contributed by atoms with Gasteiger partial charge in [-0.1, -0.05) is 6.07 Å². The summed E-state index contributed by atoms with van der Waals surface area (Å²) in [5.41, 5.74) is 0.258. The molecule has 1 aromatic carbocycles. The zero-order chi connectivity index (χ0) is 14.7. The molecule has 1 fully saturated rings. The average Bonchev–Trinajstić information content (AvgIpc) is 3.21. The zero-order valence-electron chi connectivity index (χ0n) is 11.1. The van der Waals surface area contributed by atoms with Crippen molar-refractivity contribution in [2.75, 3.05) is 13.6 Å². The van der Waals surface area contributed by atoms with Gasteiger partial charge in [-0.25, -0.2) is 0 Å². The Bertz CT molecular complexity index is 477. The van der Waals surface area contributed by atoms with Crippen LogP contribution < -0.4 is 4.74 Å². The molecular formula is C14H17F2NO3. The van der Waals surface area contributed by atoms with Crippen molar-refractivity contribution < 1.29 is 23.4 Å². The van der Waals surface area contributed by atoms with Gasteiger partial charge in [0.05, 0.1) is 6.10 Å². The van der Waals surface area contributed by atoms with Crippen LogP contribution in [-0.2, 0) is 0 Å². The van der Waals surface area contributed by atoms with E-state index in [4.69, 9.17) is 0 Å². The molecule has 1 aliphatic carbocycles. The van der Waals surface area contributed by atoms with Gasteiger partial charge in [0, 0.05) is 19.2 Å². The summed E-state index contributed by atoms with van der Waals surface area (Å²) in [5, 5.41) is 9.81. The lowest BCUT2D eigenvalue weighted by Crippen LogP contribution is -2.35. The fourth-order valence-corrected chi connectivity index (χ4v) is 2.02. The zero-order valence-corrected chi connectivity index (χ0v) is 11.1. The van der Waals surface area contributed by atoms with Gasteiger partial charge >= 0.3 is 6.61 Å². The second-order valence-corrected chi connectivity index (χ2v) is 5.00. The monoisotopic (exact) mass is 285 g/mol. The lowest BCUT2D eigenvalue weighted by atomic mass is 10.1. The molecule has 0 aromatic heterocycles. The van der Waals surface area contributed by atoms with Crippen molar-refractivity contribution in [3.8, 4) is 5.75 Å². The van der Waals surface area contributed by atoms with Crippen molar-refractivity contribution in [1.29, 1.82) is 0 Å². The second-order valence-electron chi connectivity index (χ2n) is 5.00. The largest absolute Gasteiger partial charge is 0.435 e. The number of carbonyl (C=O) groups is 1. The Morgan fingerprint density at radius 3 is 2.80 bits per heavy atom. The number of amides is 1. The predicted molar refractivity (Wildman–Crippen MR) is 68.8 cm³/mol. The first kappa shape index (κ1) is 14.7. The molecule has 1 atom stereocenters. The summed E-state index contributed by atoms with van der Waals surface area (Å²) >= 11 is 0. The highest BCUT2D eigenvalue weighted by atomic mass is 19.3. The maximum atomic E-state index is 12.1. The summed E-state index contributed by atoms with van der Waals surface area (Å²) < 4.78 is 28.5. The highest BCUT2D eigenvalue weighted by Gasteiger charge is 2.31. The number of likely N-dealkylation sites (N-methyl/N-ethyl adjacent to an activating group) is 1. The smallest absolute Gasteiger partial charge is 0.387 e. The van der Waals surface area contributed by atoms with Gasteiger partial charge in [0.25, 0.3) is 5.91 Å². The van der Waals surface area contributed by atoms with Crippen LogP contribution in [0.5, 0.6) is 5.75 Å². The summed E-state index contributed by atoms with van der Waals surface area (Å²) in [4.78, 5) is 13.5. The number of rotatable bonds is 6. The SMILES string of the molecule is CN(CC(O)C1CC1)C(=O)c1cccc(OC(F)F)c1. The first-order chi connectivity index (χ1) is 9.47. The van der Waals surface area contributed by atoms with Crippen molar-refractivity contribution in [3.05, 3.63) is 29.8 Å². The van der Waals surface area contributed by atoms with Gasteiger partial charge in [-0.2, -0.15) is 8.78 Å². The van der Waals surface area contributed by atoms with E-state index in [2.05, 4.69) is 4.74 Å². The highest BCUT2D eigenvalue weighted by Crippen LogP contribution is 2.32. The van der Waals surface area contributed by atoms with Gasteiger partial charge in [-0.3, -0.25) is 4.79 Å². The summed E-state index contributed by atoms with van der Waals surface area (Å²) in [5.74, 6) is -0.106. The summed E-state index contributed by atoms with van der Waals surface area (Å²) in [6.07, 6.45) is 1.45. The molecule has 1 aromatic rings. The van der Waals surface area contributed by atoms with Crippen LogP contribution >= 0.6 is 0 Å². The van der Waals surface area contributed by atoms with Gasteiger partial charge in [0.15, 0.2) is 0 Å². The third kappa shape index (κ3) is 3.90. The van der Waals surface area contributed by atoms with Crippen molar-refractivity contribution >= 4 is 5.91 Å². The number of aliphatic hydroxyl groups excluding tert-OH is 1. The molecule has 0 saturated heterocycles. The van der Waals surface area contributed by atoms with E-state index in [1.54, 1.807) is 7.05 Å². The minimum Gasteiger partial charge on any atom is -0.435 e. The Hall–Kier alpha value is -1.69. The van der Waals surface area contributed by atoms with E-state index < -0.39 is 12.7 Å². The Balaban J connectivity index is 1.99. The fourth-order valence-electron chi connectivity index (χ4n) is 2.02. The quantitative estimate of drug-likeness (QED) is 0.871. The number of alkyl halides is 2. The van der Waals surface area contributed by atoms with Crippen LogP contribution in [0, 0.1) is 5.92 Å². The van der Waals surface area contributed by atoms with Crippen LogP contribution in [0.25, 0.3) is 0 Å². The molecule has 0 heterocycles. The number of benzene rings is 1. The number of aliphatic hydroxyl groups is 1. The number of carbonyl (C=O) groups excluding carboxylic acids is 1. The number of hydrogen-bond donors (Lipinski definition) is 1. The lowest BCUT2D eigenvalue weighted by molar-refractivity contribution is -0.0499. The van der Waals surface area contributed by atoms with E-state index in [1.165, 1.54) is 29.2 Å². The molecule has 1 aliphatic rings. The second kappa shape index (κ2) is 6.17. The van der Waals surface area contributed by atoms with Crippen molar-refractivity contribution in [2.24, 2.45) is 5.92 Å². The van der Waals surface area contributed by atoms with E-state index in [9.17, 15) is 18.7 Å². The first-order valence-corrected chi connectivity index (χ1v) is 6.46. The van der Waals surface area contributed by atoms with Crippen LogP contribution in [-0.4, -0.2) is 42.2 Å². The van der Waals surface area contributed by atoms with E-state index in [1.807, 2.05) is 0 Å². The van der Waals surface area contributed by atoms with E-state index in [-0.39, 0.29) is 29.7 Å². The molecule has 2 rings (SSSR count). The molecule has 1 amide bonds. The maximum Gasteiger partial charge on any atom is 0.387 e. The molecule has 0 spiro atoms. The summed E-state index contributed by atoms with van der Waals surface area (Å²) in [6, 6.07) is 5.65. The van der Waals surface area contributed by atoms with Gasteiger partial charge in [0.1, 0.15) is 5.75 Å². The molecule has 6 heteroatoms.